The molecule has 0 bridgehead atoms. The summed E-state index contributed by atoms with van der Waals surface area (Å²) in [5, 5.41) is 10.9. The van der Waals surface area contributed by atoms with E-state index in [1.54, 1.807) is 7.05 Å². The Morgan fingerprint density at radius 2 is 2.09 bits per heavy atom. The Bertz CT molecular complexity index is 708. The summed E-state index contributed by atoms with van der Waals surface area (Å²) >= 11 is 0. The van der Waals surface area contributed by atoms with Crippen molar-refractivity contribution >= 4 is 17.3 Å². The van der Waals surface area contributed by atoms with Crippen LogP contribution in [0.3, 0.4) is 0 Å². The van der Waals surface area contributed by atoms with Gasteiger partial charge in [0.2, 0.25) is 0 Å². The highest BCUT2D eigenvalue weighted by Gasteiger charge is 2.18. The Morgan fingerprint density at radius 3 is 2.68 bits per heavy atom. The first kappa shape index (κ1) is 15.5. The first-order valence-corrected chi connectivity index (χ1v) is 6.06. The molecule has 4 N–H and O–H groups in total. The van der Waals surface area contributed by atoms with Crippen molar-refractivity contribution in [2.45, 2.75) is 6.61 Å². The summed E-state index contributed by atoms with van der Waals surface area (Å²) in [6.45, 7) is -3.13. The molecule has 0 saturated heterocycles. The number of rotatable bonds is 5. The van der Waals surface area contributed by atoms with E-state index in [-0.39, 0.29) is 22.7 Å². The number of aromatic nitrogens is 2. The molecule has 6 nitrogen and oxygen atoms in total. The third kappa shape index (κ3) is 3.08. The van der Waals surface area contributed by atoms with Crippen LogP contribution >= 0.6 is 0 Å². The number of nitrogen functional groups attached to an aromatic ring is 1. The summed E-state index contributed by atoms with van der Waals surface area (Å²) in [5.74, 6) is -1.27. The molecule has 0 aliphatic carbocycles. The third-order valence-corrected chi connectivity index (χ3v) is 2.80. The molecule has 0 unspecified atom stereocenters. The minimum atomic E-state index is -3.13. The van der Waals surface area contributed by atoms with Crippen molar-refractivity contribution in [2.24, 2.45) is 0 Å². The van der Waals surface area contributed by atoms with Crippen LogP contribution in [0.1, 0.15) is 11.1 Å². The van der Waals surface area contributed by atoms with Gasteiger partial charge in [0.1, 0.15) is 18.0 Å². The average Bonchev–Trinajstić information content (AvgIpc) is 2.48. The van der Waals surface area contributed by atoms with Gasteiger partial charge in [-0.3, -0.25) is 5.41 Å². The molecule has 116 valence electrons. The van der Waals surface area contributed by atoms with Gasteiger partial charge in [0.15, 0.2) is 11.6 Å². The fourth-order valence-electron chi connectivity index (χ4n) is 1.83. The molecule has 0 spiro atoms. The largest absolute Gasteiger partial charge is 0.432 e. The maximum absolute atomic E-state index is 13.7. The lowest BCUT2D eigenvalue weighted by molar-refractivity contribution is -0.0521. The van der Waals surface area contributed by atoms with E-state index in [1.807, 2.05) is 0 Å². The topological polar surface area (TPSA) is 96.9 Å². The number of nitrogens with one attached hydrogen (secondary N) is 2. The van der Waals surface area contributed by atoms with Gasteiger partial charge in [0.05, 0.1) is 11.3 Å². The fourth-order valence-corrected chi connectivity index (χ4v) is 1.83. The quantitative estimate of drug-likeness (QED) is 0.736. The van der Waals surface area contributed by atoms with Crippen molar-refractivity contribution in [1.29, 1.82) is 5.41 Å². The predicted molar refractivity (Wildman–Crippen MR) is 75.0 cm³/mol. The first-order chi connectivity index (χ1) is 10.4. The van der Waals surface area contributed by atoms with E-state index >= 15 is 0 Å². The number of nitrogens with zero attached hydrogens (tertiary/aromatic N) is 2. The Morgan fingerprint density at radius 1 is 1.36 bits per heavy atom. The van der Waals surface area contributed by atoms with Crippen LogP contribution in [-0.2, 0) is 0 Å². The Kier molecular flexibility index (Phi) is 4.44. The van der Waals surface area contributed by atoms with Crippen LogP contribution in [0.4, 0.5) is 24.8 Å². The fraction of sp³-hybridized carbons (Fsp3) is 0.154. The monoisotopic (exact) mass is 311 g/mol. The summed E-state index contributed by atoms with van der Waals surface area (Å²) in [6, 6.07) is 3.20. The summed E-state index contributed by atoms with van der Waals surface area (Å²) in [5.41, 5.74) is 5.88. The van der Waals surface area contributed by atoms with Gasteiger partial charge < -0.3 is 15.8 Å². The molecule has 0 radical (unpaired) electrons. The van der Waals surface area contributed by atoms with Crippen LogP contribution in [0.5, 0.6) is 5.75 Å². The number of hydrogen-bond acceptors (Lipinski definition) is 6. The lowest BCUT2D eigenvalue weighted by Crippen LogP contribution is -2.12. The van der Waals surface area contributed by atoms with Crippen LogP contribution in [-0.4, -0.2) is 29.3 Å². The zero-order chi connectivity index (χ0) is 16.3. The van der Waals surface area contributed by atoms with E-state index in [1.165, 1.54) is 12.4 Å². The van der Waals surface area contributed by atoms with Crippen molar-refractivity contribution < 1.29 is 17.9 Å². The zero-order valence-electron chi connectivity index (χ0n) is 11.4. The minimum Gasteiger partial charge on any atom is -0.432 e. The molecule has 22 heavy (non-hydrogen) atoms. The van der Waals surface area contributed by atoms with E-state index in [0.29, 0.717) is 5.82 Å². The van der Waals surface area contributed by atoms with Gasteiger partial charge in [-0.2, -0.15) is 8.78 Å². The Hall–Kier alpha value is -2.84. The van der Waals surface area contributed by atoms with Gasteiger partial charge >= 0.3 is 6.61 Å². The molecule has 0 saturated carbocycles. The Labute approximate surface area is 123 Å². The summed E-state index contributed by atoms with van der Waals surface area (Å²) in [6.07, 6.45) is 1.22. The number of nitrogens with two attached hydrogens (primary N) is 1. The van der Waals surface area contributed by atoms with E-state index < -0.39 is 18.2 Å². The number of hydrogen-bond donors (Lipinski definition) is 3. The van der Waals surface area contributed by atoms with Crippen LogP contribution in [0.2, 0.25) is 0 Å². The summed E-state index contributed by atoms with van der Waals surface area (Å²) in [4.78, 5) is 7.71. The van der Waals surface area contributed by atoms with Crippen molar-refractivity contribution in [3.63, 3.8) is 0 Å². The molecule has 0 atom stereocenters. The van der Waals surface area contributed by atoms with E-state index in [0.717, 1.165) is 12.1 Å². The van der Waals surface area contributed by atoms with Crippen molar-refractivity contribution in [1.82, 2.24) is 9.97 Å². The molecule has 0 aliphatic rings. The van der Waals surface area contributed by atoms with E-state index in [9.17, 15) is 13.2 Å². The smallest absolute Gasteiger partial charge is 0.387 e. The molecule has 1 heterocycles. The van der Waals surface area contributed by atoms with E-state index in [4.69, 9.17) is 11.1 Å². The average molecular weight is 311 g/mol. The predicted octanol–water partition coefficient (Wildman–Crippen LogP) is 2.26. The van der Waals surface area contributed by atoms with Gasteiger partial charge in [-0.15, -0.1) is 0 Å². The van der Waals surface area contributed by atoms with Crippen molar-refractivity contribution in [2.75, 3.05) is 18.1 Å². The highest BCUT2D eigenvalue weighted by molar-refractivity contribution is 6.16. The molecule has 2 rings (SSSR count). The lowest BCUT2D eigenvalue weighted by Gasteiger charge is -2.12. The van der Waals surface area contributed by atoms with Crippen LogP contribution in [0.15, 0.2) is 24.5 Å². The second-order valence-corrected chi connectivity index (χ2v) is 4.13. The molecular weight excluding hydrogens is 299 g/mol. The van der Waals surface area contributed by atoms with Crippen LogP contribution in [0, 0.1) is 11.2 Å². The molecule has 1 aromatic carbocycles. The first-order valence-electron chi connectivity index (χ1n) is 6.06. The minimum absolute atomic E-state index is 0.0395. The molecular formula is C13H12F3N5O. The molecule has 0 fully saturated rings. The van der Waals surface area contributed by atoms with Gasteiger partial charge in [-0.25, -0.2) is 14.4 Å². The number of alkyl halides is 2. The second-order valence-electron chi connectivity index (χ2n) is 4.13. The summed E-state index contributed by atoms with van der Waals surface area (Å²) < 4.78 is 42.0. The molecule has 1 aromatic heterocycles. The maximum atomic E-state index is 13.7. The molecule has 9 heteroatoms. The second kappa shape index (κ2) is 6.29. The van der Waals surface area contributed by atoms with Crippen LogP contribution in [0.25, 0.3) is 0 Å². The van der Waals surface area contributed by atoms with Crippen molar-refractivity contribution in [3.8, 4) is 5.75 Å². The summed E-state index contributed by atoms with van der Waals surface area (Å²) in [7, 11) is 1.58. The Balaban J connectivity index is 2.41. The number of halogens is 3. The number of benzene rings is 1. The van der Waals surface area contributed by atoms with Gasteiger partial charge in [0, 0.05) is 12.6 Å². The highest BCUT2D eigenvalue weighted by Crippen LogP contribution is 2.25. The lowest BCUT2D eigenvalue weighted by atomic mass is 10.0. The van der Waals surface area contributed by atoms with Gasteiger partial charge in [-0.05, 0) is 18.2 Å². The number of ether oxygens (including phenoxy) is 1. The highest BCUT2D eigenvalue weighted by atomic mass is 19.3. The normalized spacial score (nSPS) is 10.6. The van der Waals surface area contributed by atoms with Gasteiger partial charge in [0.25, 0.3) is 0 Å². The van der Waals surface area contributed by atoms with Gasteiger partial charge in [-0.1, -0.05) is 0 Å². The van der Waals surface area contributed by atoms with Crippen molar-refractivity contribution in [3.05, 3.63) is 41.5 Å². The molecule has 2 aromatic rings. The third-order valence-electron chi connectivity index (χ3n) is 2.80. The molecule has 0 amide bonds. The number of anilines is 2. The van der Waals surface area contributed by atoms with Crippen LogP contribution < -0.4 is 15.8 Å². The van der Waals surface area contributed by atoms with E-state index in [2.05, 4.69) is 20.0 Å². The SMILES string of the molecule is CNc1ncnc(N)c1C(=N)c1ccc(OC(F)F)c(F)c1. The standard InChI is InChI=1S/C13H12F3N5O/c1-19-12-9(11(18)20-5-21-12)10(17)6-2-3-8(7(14)4-6)22-13(15)16/h2-5,13,17H,1H3,(H3,18,19,20,21). The maximum Gasteiger partial charge on any atom is 0.387 e. The zero-order valence-corrected chi connectivity index (χ0v) is 11.4. The molecule has 0 aliphatic heterocycles.